The molecule has 2 heterocycles. The second-order valence-electron chi connectivity index (χ2n) is 6.80. The van der Waals surface area contributed by atoms with Crippen LogP contribution in [-0.2, 0) is 19.1 Å². The Morgan fingerprint density at radius 2 is 1.92 bits per heavy atom. The fourth-order valence-corrected chi connectivity index (χ4v) is 4.41. The first-order chi connectivity index (χ1) is 11.9. The Hall–Kier alpha value is -2.41. The average molecular weight is 347 g/mol. The minimum absolute atomic E-state index is 0.122. The Balaban J connectivity index is 2.13. The Morgan fingerprint density at radius 1 is 1.28 bits per heavy atom. The Bertz CT molecular complexity index is 717. The highest BCUT2D eigenvalue weighted by Crippen LogP contribution is 2.45. The van der Waals surface area contributed by atoms with Gasteiger partial charge in [-0.25, -0.2) is 4.79 Å². The largest absolute Gasteiger partial charge is 0.508 e. The zero-order valence-corrected chi connectivity index (χ0v) is 14.6. The first kappa shape index (κ1) is 17.4. The molecule has 1 aromatic rings. The van der Waals surface area contributed by atoms with Crippen molar-refractivity contribution in [3.63, 3.8) is 0 Å². The standard InChI is InChI=1S/C18H22N2O5/c1-4-9-18(17(24)25-3)13-12(15(22)20(2)16(13)23)14(19-18)10-5-7-11(21)8-6-10/h5-8,12-14,19,21H,4,9H2,1-3H3/p+1/t12-,13+,14-,18-/m0/s1. The van der Waals surface area contributed by atoms with Crippen LogP contribution in [0.2, 0.25) is 0 Å². The van der Waals surface area contributed by atoms with E-state index >= 15 is 0 Å². The Kier molecular flexibility index (Phi) is 4.28. The van der Waals surface area contributed by atoms with Crippen LogP contribution in [0.1, 0.15) is 31.4 Å². The van der Waals surface area contributed by atoms with Crippen LogP contribution in [0.3, 0.4) is 0 Å². The van der Waals surface area contributed by atoms with Crippen LogP contribution in [-0.4, -0.2) is 47.5 Å². The summed E-state index contributed by atoms with van der Waals surface area (Å²) in [6, 6.07) is 6.16. The van der Waals surface area contributed by atoms with Crippen molar-refractivity contribution < 1.29 is 29.5 Å². The number of fused-ring (bicyclic) bond motifs is 1. The molecule has 0 aromatic heterocycles. The van der Waals surface area contributed by atoms with Crippen LogP contribution in [0.25, 0.3) is 0 Å². The van der Waals surface area contributed by atoms with E-state index in [1.54, 1.807) is 24.3 Å². The van der Waals surface area contributed by atoms with Crippen molar-refractivity contribution >= 4 is 17.8 Å². The number of likely N-dealkylation sites (tertiary alicyclic amines) is 1. The molecule has 2 saturated heterocycles. The van der Waals surface area contributed by atoms with Crippen molar-refractivity contribution in [3.8, 4) is 5.75 Å². The lowest BCUT2D eigenvalue weighted by Crippen LogP contribution is -2.98. The molecule has 2 aliphatic rings. The third-order valence-electron chi connectivity index (χ3n) is 5.50. The molecule has 3 N–H and O–H groups in total. The normalized spacial score (nSPS) is 31.3. The molecular weight excluding hydrogens is 324 g/mol. The summed E-state index contributed by atoms with van der Waals surface area (Å²) in [6.45, 7) is 1.94. The van der Waals surface area contributed by atoms with Gasteiger partial charge in [0.15, 0.2) is 0 Å². The number of nitrogens with zero attached hydrogens (tertiary/aromatic N) is 1. The Morgan fingerprint density at radius 3 is 2.48 bits per heavy atom. The number of aromatic hydroxyl groups is 1. The van der Waals surface area contributed by atoms with Gasteiger partial charge in [-0.2, -0.15) is 0 Å². The van der Waals surface area contributed by atoms with E-state index in [4.69, 9.17) is 4.74 Å². The zero-order valence-electron chi connectivity index (χ0n) is 14.6. The molecular formula is C18H23N2O5+. The van der Waals surface area contributed by atoms with Gasteiger partial charge in [-0.15, -0.1) is 0 Å². The summed E-state index contributed by atoms with van der Waals surface area (Å²) in [7, 11) is 2.77. The van der Waals surface area contributed by atoms with Crippen LogP contribution < -0.4 is 5.32 Å². The molecule has 2 fully saturated rings. The van der Waals surface area contributed by atoms with Gasteiger partial charge in [-0.05, 0) is 30.7 Å². The maximum atomic E-state index is 12.8. The highest BCUT2D eigenvalue weighted by atomic mass is 16.5. The zero-order chi connectivity index (χ0) is 18.4. The number of phenols is 1. The van der Waals surface area contributed by atoms with E-state index < -0.39 is 23.3 Å². The van der Waals surface area contributed by atoms with Gasteiger partial charge in [0, 0.05) is 19.0 Å². The summed E-state index contributed by atoms with van der Waals surface area (Å²) in [5, 5.41) is 11.3. The van der Waals surface area contributed by atoms with E-state index in [0.29, 0.717) is 12.8 Å². The lowest BCUT2D eigenvalue weighted by atomic mass is 9.77. The van der Waals surface area contributed by atoms with Gasteiger partial charge < -0.3 is 15.2 Å². The molecule has 134 valence electrons. The highest BCUT2D eigenvalue weighted by molar-refractivity contribution is 6.08. The van der Waals surface area contributed by atoms with Crippen molar-refractivity contribution in [2.24, 2.45) is 11.8 Å². The van der Waals surface area contributed by atoms with Gasteiger partial charge in [-0.3, -0.25) is 14.5 Å². The van der Waals surface area contributed by atoms with Crippen LogP contribution in [0.5, 0.6) is 5.75 Å². The van der Waals surface area contributed by atoms with Crippen molar-refractivity contribution in [2.75, 3.05) is 14.2 Å². The number of phenolic OH excluding ortho intramolecular Hbond substituents is 1. The number of benzene rings is 1. The molecule has 0 saturated carbocycles. The predicted octanol–water partition coefficient (Wildman–Crippen LogP) is -0.0468. The third-order valence-corrected chi connectivity index (χ3v) is 5.50. The van der Waals surface area contributed by atoms with Gasteiger partial charge in [0.2, 0.25) is 17.4 Å². The topological polar surface area (TPSA) is 101 Å². The lowest BCUT2D eigenvalue weighted by Gasteiger charge is -2.28. The number of hydrogen-bond donors (Lipinski definition) is 2. The number of amides is 2. The van der Waals surface area contributed by atoms with Crippen LogP contribution in [0.15, 0.2) is 24.3 Å². The first-order valence-electron chi connectivity index (χ1n) is 8.42. The molecule has 0 unspecified atom stereocenters. The third kappa shape index (κ3) is 2.41. The minimum Gasteiger partial charge on any atom is -0.508 e. The lowest BCUT2D eigenvalue weighted by molar-refractivity contribution is -0.735. The molecule has 7 heteroatoms. The molecule has 0 spiro atoms. The molecule has 0 radical (unpaired) electrons. The molecule has 7 nitrogen and oxygen atoms in total. The smallest absolute Gasteiger partial charge is 0.368 e. The first-order valence-corrected chi connectivity index (χ1v) is 8.42. The second-order valence-corrected chi connectivity index (χ2v) is 6.80. The fraction of sp³-hybridized carbons (Fsp3) is 0.500. The molecule has 3 rings (SSSR count). The average Bonchev–Trinajstić information content (AvgIpc) is 3.06. The molecule has 2 aliphatic heterocycles. The molecule has 0 aliphatic carbocycles. The summed E-state index contributed by atoms with van der Waals surface area (Å²) in [4.78, 5) is 39.3. The van der Waals surface area contributed by atoms with E-state index in [1.807, 2.05) is 12.2 Å². The summed E-state index contributed by atoms with van der Waals surface area (Å²) < 4.78 is 5.03. The molecule has 1 aromatic carbocycles. The number of rotatable bonds is 4. The monoisotopic (exact) mass is 347 g/mol. The van der Waals surface area contributed by atoms with Crippen LogP contribution in [0, 0.1) is 11.8 Å². The van der Waals surface area contributed by atoms with Gasteiger partial charge in [-0.1, -0.05) is 6.92 Å². The Labute approximate surface area is 146 Å². The number of esters is 1. The number of carbonyl (C=O) groups is 3. The number of carbonyl (C=O) groups excluding carboxylic acids is 3. The molecule has 0 bridgehead atoms. The maximum Gasteiger partial charge on any atom is 0.368 e. The predicted molar refractivity (Wildman–Crippen MR) is 87.2 cm³/mol. The van der Waals surface area contributed by atoms with Gasteiger partial charge in [0.05, 0.1) is 7.11 Å². The fourth-order valence-electron chi connectivity index (χ4n) is 4.41. The van der Waals surface area contributed by atoms with Crippen LogP contribution in [0.4, 0.5) is 0 Å². The van der Waals surface area contributed by atoms with Gasteiger partial charge >= 0.3 is 5.97 Å². The van der Waals surface area contributed by atoms with E-state index in [0.717, 1.165) is 10.5 Å². The van der Waals surface area contributed by atoms with E-state index in [9.17, 15) is 19.5 Å². The number of ether oxygens (including phenoxy) is 1. The molecule has 2 amide bonds. The minimum atomic E-state index is -1.10. The second kappa shape index (κ2) is 6.15. The van der Waals surface area contributed by atoms with Crippen molar-refractivity contribution in [1.29, 1.82) is 0 Å². The number of quaternary nitrogens is 1. The van der Waals surface area contributed by atoms with E-state index in [1.165, 1.54) is 14.2 Å². The van der Waals surface area contributed by atoms with E-state index in [-0.39, 0.29) is 23.6 Å². The number of imide groups is 1. The number of methoxy groups -OCH3 is 1. The number of nitrogens with two attached hydrogens (primary N) is 1. The summed E-state index contributed by atoms with van der Waals surface area (Å²) in [5.74, 6) is -2.31. The number of hydrogen-bond acceptors (Lipinski definition) is 5. The van der Waals surface area contributed by atoms with Gasteiger partial charge in [0.25, 0.3) is 0 Å². The summed E-state index contributed by atoms with van der Waals surface area (Å²) >= 11 is 0. The maximum absolute atomic E-state index is 12.8. The van der Waals surface area contributed by atoms with E-state index in [2.05, 4.69) is 0 Å². The van der Waals surface area contributed by atoms with Crippen molar-refractivity contribution in [3.05, 3.63) is 29.8 Å². The summed E-state index contributed by atoms with van der Waals surface area (Å²) in [5.41, 5.74) is -0.306. The van der Waals surface area contributed by atoms with Gasteiger partial charge in [0.1, 0.15) is 23.6 Å². The van der Waals surface area contributed by atoms with Crippen LogP contribution >= 0.6 is 0 Å². The SMILES string of the molecule is CCC[C@]1(C(=O)OC)[NH2+][C@@H](c2ccc(O)cc2)[C@H]2C(=O)N(C)C(=O)[C@@H]21. The van der Waals surface area contributed by atoms with Crippen molar-refractivity contribution in [2.45, 2.75) is 31.3 Å². The van der Waals surface area contributed by atoms with Crippen molar-refractivity contribution in [1.82, 2.24) is 4.90 Å². The quantitative estimate of drug-likeness (QED) is 0.588. The molecule has 4 atom stereocenters. The summed E-state index contributed by atoms with van der Waals surface area (Å²) in [6.07, 6.45) is 1.13. The highest BCUT2D eigenvalue weighted by Gasteiger charge is 2.71. The molecule has 25 heavy (non-hydrogen) atoms.